The van der Waals surface area contributed by atoms with Crippen LogP contribution in [0.15, 0.2) is 36.7 Å². The van der Waals surface area contributed by atoms with Crippen molar-refractivity contribution < 1.29 is 17.9 Å². The van der Waals surface area contributed by atoms with Crippen molar-refractivity contribution in [3.8, 4) is 0 Å². The number of alkyl halides is 3. The van der Waals surface area contributed by atoms with Crippen molar-refractivity contribution >= 4 is 16.9 Å². The Balaban J connectivity index is 1.35. The standard InChI is InChI=1S/C22H22F3N5O/c23-22(24,25)18-6-16-20(28-18)26-11-27-21(16)29-19-15-4-2-1-3-12(15)5-17(19)30-7-13-9-31-10-14(13)8-30/h1-4,6,11,13-14,17,19H,5,7-10H2,(H2,26,27,28,29). The maximum atomic E-state index is 13.2. The van der Waals surface area contributed by atoms with E-state index in [-0.39, 0.29) is 17.7 Å². The summed E-state index contributed by atoms with van der Waals surface area (Å²) in [6.07, 6.45) is -2.26. The zero-order chi connectivity index (χ0) is 21.2. The summed E-state index contributed by atoms with van der Waals surface area (Å²) >= 11 is 0. The summed E-state index contributed by atoms with van der Waals surface area (Å²) in [7, 11) is 0. The Kier molecular flexibility index (Phi) is 4.26. The van der Waals surface area contributed by atoms with Crippen LogP contribution in [0.2, 0.25) is 0 Å². The first kappa shape index (κ1) is 19.1. The van der Waals surface area contributed by atoms with Crippen LogP contribution in [0, 0.1) is 11.8 Å². The Bertz CT molecular complexity index is 1120. The van der Waals surface area contributed by atoms with Crippen LogP contribution < -0.4 is 5.32 Å². The Morgan fingerprint density at radius 1 is 1.10 bits per heavy atom. The molecule has 6 rings (SSSR count). The van der Waals surface area contributed by atoms with Gasteiger partial charge in [0.1, 0.15) is 23.5 Å². The highest BCUT2D eigenvalue weighted by atomic mass is 19.4. The maximum absolute atomic E-state index is 13.2. The predicted octanol–water partition coefficient (Wildman–Crippen LogP) is 3.63. The van der Waals surface area contributed by atoms with Crippen molar-refractivity contribution in [1.82, 2.24) is 19.9 Å². The second-order valence-corrected chi connectivity index (χ2v) is 8.77. The largest absolute Gasteiger partial charge is 0.431 e. The molecule has 31 heavy (non-hydrogen) atoms. The van der Waals surface area contributed by atoms with E-state index in [1.54, 1.807) is 0 Å². The van der Waals surface area contributed by atoms with Crippen LogP contribution in [0.4, 0.5) is 19.0 Å². The third kappa shape index (κ3) is 3.18. The van der Waals surface area contributed by atoms with Crippen LogP contribution in [0.1, 0.15) is 22.9 Å². The van der Waals surface area contributed by atoms with Gasteiger partial charge in [-0.05, 0) is 23.6 Å². The molecule has 2 aliphatic heterocycles. The molecule has 1 aliphatic carbocycles. The molecule has 4 atom stereocenters. The topological polar surface area (TPSA) is 66.1 Å². The average molecular weight is 429 g/mol. The monoisotopic (exact) mass is 429 g/mol. The number of nitrogens with zero attached hydrogens (tertiary/aromatic N) is 3. The molecule has 0 bridgehead atoms. The molecule has 2 saturated heterocycles. The molecule has 2 N–H and O–H groups in total. The van der Waals surface area contributed by atoms with E-state index in [4.69, 9.17) is 4.74 Å². The lowest BCUT2D eigenvalue weighted by atomic mass is 10.0. The number of nitrogens with one attached hydrogen (secondary N) is 2. The number of aromatic amines is 1. The van der Waals surface area contributed by atoms with E-state index >= 15 is 0 Å². The van der Waals surface area contributed by atoms with Crippen LogP contribution in [0.25, 0.3) is 11.0 Å². The highest BCUT2D eigenvalue weighted by molar-refractivity contribution is 5.88. The molecule has 1 aromatic carbocycles. The number of anilines is 1. The molecule has 6 nitrogen and oxygen atoms in total. The molecule has 0 radical (unpaired) electrons. The summed E-state index contributed by atoms with van der Waals surface area (Å²) < 4.78 is 45.3. The van der Waals surface area contributed by atoms with Gasteiger partial charge in [0.2, 0.25) is 0 Å². The van der Waals surface area contributed by atoms with Crippen molar-refractivity contribution in [2.45, 2.75) is 24.7 Å². The summed E-state index contributed by atoms with van der Waals surface area (Å²) in [5.74, 6) is 1.55. The predicted molar refractivity (Wildman–Crippen MR) is 109 cm³/mol. The fraction of sp³-hybridized carbons (Fsp3) is 0.455. The number of fused-ring (bicyclic) bond motifs is 3. The molecule has 2 fully saturated rings. The molecular weight excluding hydrogens is 407 g/mol. The zero-order valence-corrected chi connectivity index (χ0v) is 16.7. The molecule has 9 heteroatoms. The fourth-order valence-electron chi connectivity index (χ4n) is 5.44. The van der Waals surface area contributed by atoms with Crippen molar-refractivity contribution in [3.05, 3.63) is 53.5 Å². The van der Waals surface area contributed by atoms with E-state index in [2.05, 4.69) is 37.3 Å². The number of ether oxygens (including phenoxy) is 1. The lowest BCUT2D eigenvalue weighted by molar-refractivity contribution is -0.140. The van der Waals surface area contributed by atoms with Gasteiger partial charge in [-0.1, -0.05) is 24.3 Å². The quantitative estimate of drug-likeness (QED) is 0.666. The van der Waals surface area contributed by atoms with Crippen LogP contribution in [0.3, 0.4) is 0 Å². The molecule has 4 unspecified atom stereocenters. The number of H-pyrrole nitrogens is 1. The van der Waals surface area contributed by atoms with Gasteiger partial charge in [0.15, 0.2) is 0 Å². The molecule has 4 heterocycles. The maximum Gasteiger partial charge on any atom is 0.431 e. The highest BCUT2D eigenvalue weighted by Crippen LogP contribution is 2.42. The first-order valence-corrected chi connectivity index (χ1v) is 10.5. The van der Waals surface area contributed by atoms with Crippen molar-refractivity contribution in [2.75, 3.05) is 31.6 Å². The third-order valence-electron chi connectivity index (χ3n) is 6.96. The number of aromatic nitrogens is 3. The minimum atomic E-state index is -4.46. The fourth-order valence-corrected chi connectivity index (χ4v) is 5.44. The molecule has 3 aromatic rings. The van der Waals surface area contributed by atoms with Crippen molar-refractivity contribution in [2.24, 2.45) is 11.8 Å². The number of halogens is 3. The molecule has 3 aliphatic rings. The Labute approximate surface area is 176 Å². The first-order chi connectivity index (χ1) is 15.0. The number of hydrogen-bond acceptors (Lipinski definition) is 5. The second kappa shape index (κ2) is 6.93. The van der Waals surface area contributed by atoms with Crippen molar-refractivity contribution in [3.63, 3.8) is 0 Å². The SMILES string of the molecule is FC(F)(F)c1cc2c(NC3c4ccccc4CC3N3CC4COCC4C3)ncnc2[nH]1. The van der Waals surface area contributed by atoms with Gasteiger partial charge in [0.05, 0.1) is 24.6 Å². The van der Waals surface area contributed by atoms with E-state index < -0.39 is 11.9 Å². The van der Waals surface area contributed by atoms with E-state index in [0.29, 0.717) is 23.0 Å². The first-order valence-electron chi connectivity index (χ1n) is 10.5. The summed E-state index contributed by atoms with van der Waals surface area (Å²) in [6.45, 7) is 3.61. The van der Waals surface area contributed by atoms with E-state index in [1.165, 1.54) is 17.5 Å². The highest BCUT2D eigenvalue weighted by Gasteiger charge is 2.44. The van der Waals surface area contributed by atoms with E-state index in [1.807, 2.05) is 12.1 Å². The van der Waals surface area contributed by atoms with Crippen LogP contribution >= 0.6 is 0 Å². The minimum absolute atomic E-state index is 0.0571. The van der Waals surface area contributed by atoms with Gasteiger partial charge in [-0.25, -0.2) is 9.97 Å². The van der Waals surface area contributed by atoms with E-state index in [9.17, 15) is 13.2 Å². The average Bonchev–Trinajstić information content (AvgIpc) is 3.49. The smallest absolute Gasteiger partial charge is 0.381 e. The lowest BCUT2D eigenvalue weighted by Crippen LogP contribution is -2.40. The molecular formula is C22H22F3N5O. The van der Waals surface area contributed by atoms with Gasteiger partial charge in [0, 0.05) is 31.0 Å². The molecule has 0 amide bonds. The van der Waals surface area contributed by atoms with Crippen LogP contribution in [-0.4, -0.2) is 52.2 Å². The number of likely N-dealkylation sites (tertiary alicyclic amines) is 1. The number of hydrogen-bond donors (Lipinski definition) is 2. The summed E-state index contributed by atoms with van der Waals surface area (Å²) in [5, 5.41) is 3.84. The number of rotatable bonds is 3. The van der Waals surface area contributed by atoms with Gasteiger partial charge >= 0.3 is 6.18 Å². The van der Waals surface area contributed by atoms with Crippen LogP contribution in [0.5, 0.6) is 0 Å². The molecule has 0 saturated carbocycles. The van der Waals surface area contributed by atoms with Gasteiger partial charge in [-0.3, -0.25) is 4.90 Å². The molecule has 0 spiro atoms. The molecule has 2 aromatic heterocycles. The van der Waals surface area contributed by atoms with Crippen molar-refractivity contribution in [1.29, 1.82) is 0 Å². The Morgan fingerprint density at radius 2 is 1.87 bits per heavy atom. The van der Waals surface area contributed by atoms with Gasteiger partial charge < -0.3 is 15.0 Å². The van der Waals surface area contributed by atoms with Gasteiger partial charge in [-0.15, -0.1) is 0 Å². The van der Waals surface area contributed by atoms with Gasteiger partial charge in [-0.2, -0.15) is 13.2 Å². The van der Waals surface area contributed by atoms with Gasteiger partial charge in [0.25, 0.3) is 0 Å². The Hall–Kier alpha value is -2.65. The minimum Gasteiger partial charge on any atom is -0.381 e. The number of benzene rings is 1. The summed E-state index contributed by atoms with van der Waals surface area (Å²) in [5.41, 5.74) is 1.81. The summed E-state index contributed by atoms with van der Waals surface area (Å²) in [4.78, 5) is 13.2. The zero-order valence-electron chi connectivity index (χ0n) is 16.7. The third-order valence-corrected chi connectivity index (χ3v) is 6.96. The second-order valence-electron chi connectivity index (χ2n) is 8.77. The lowest BCUT2D eigenvalue weighted by Gasteiger charge is -2.31. The molecule has 162 valence electrons. The van der Waals surface area contributed by atoms with E-state index in [0.717, 1.165) is 38.8 Å². The Morgan fingerprint density at radius 3 is 2.65 bits per heavy atom. The summed E-state index contributed by atoms with van der Waals surface area (Å²) in [6, 6.07) is 9.53. The normalized spacial score (nSPS) is 28.2. The van der Waals surface area contributed by atoms with Crippen LogP contribution in [-0.2, 0) is 17.3 Å².